The third-order valence-electron chi connectivity index (χ3n) is 6.36. The molecule has 9 heteroatoms. The van der Waals surface area contributed by atoms with E-state index in [0.29, 0.717) is 43.9 Å². The van der Waals surface area contributed by atoms with Gasteiger partial charge in [-0.25, -0.2) is 14.4 Å². The van der Waals surface area contributed by atoms with E-state index in [0.717, 1.165) is 31.2 Å². The van der Waals surface area contributed by atoms with Crippen LogP contribution in [-0.4, -0.2) is 32.1 Å². The lowest BCUT2D eigenvalue weighted by atomic mass is 9.85. The van der Waals surface area contributed by atoms with Crippen LogP contribution >= 0.6 is 23.2 Å². The van der Waals surface area contributed by atoms with E-state index in [1.54, 1.807) is 30.5 Å². The van der Waals surface area contributed by atoms with Crippen molar-refractivity contribution in [1.29, 1.82) is 0 Å². The first-order valence-electron chi connectivity index (χ1n) is 11.4. The molecule has 2 aromatic heterocycles. The molecule has 0 aliphatic heterocycles. The van der Waals surface area contributed by atoms with Crippen molar-refractivity contribution in [1.82, 2.24) is 15.0 Å². The molecule has 0 bridgehead atoms. The molecule has 1 fully saturated rings. The zero-order valence-electron chi connectivity index (χ0n) is 18.6. The SMILES string of the molecule is O=C(O)CC1CCC(Oc2ccc(-c3ccc(-c4nc5cc(Cl)c(Cl)cc5[nH]4)c(F)c3)cn2)CC1. The van der Waals surface area contributed by atoms with E-state index in [2.05, 4.69) is 15.0 Å². The van der Waals surface area contributed by atoms with Crippen LogP contribution in [0.15, 0.2) is 48.7 Å². The maximum atomic E-state index is 15.0. The topological polar surface area (TPSA) is 88.1 Å². The number of fused-ring (bicyclic) bond motifs is 1. The molecule has 2 aromatic carbocycles. The average molecular weight is 514 g/mol. The molecule has 0 radical (unpaired) electrons. The number of aromatic amines is 1. The zero-order chi connectivity index (χ0) is 24.5. The van der Waals surface area contributed by atoms with Gasteiger partial charge in [-0.2, -0.15) is 0 Å². The van der Waals surface area contributed by atoms with Gasteiger partial charge in [-0.05, 0) is 67.5 Å². The van der Waals surface area contributed by atoms with E-state index in [-0.39, 0.29) is 18.4 Å². The molecule has 1 aliphatic rings. The number of carboxylic acid groups (broad SMARTS) is 1. The maximum absolute atomic E-state index is 15.0. The van der Waals surface area contributed by atoms with E-state index < -0.39 is 11.8 Å². The van der Waals surface area contributed by atoms with Gasteiger partial charge in [-0.15, -0.1) is 0 Å². The van der Waals surface area contributed by atoms with Crippen LogP contribution in [0.4, 0.5) is 4.39 Å². The number of halogens is 3. The molecular formula is C26H22Cl2FN3O3. The normalized spacial score (nSPS) is 18.0. The third-order valence-corrected chi connectivity index (χ3v) is 7.08. The number of pyridine rings is 1. The first-order chi connectivity index (χ1) is 16.9. The Balaban J connectivity index is 1.27. The molecule has 0 unspecified atom stereocenters. The molecule has 0 amide bonds. The Hall–Kier alpha value is -3.16. The second kappa shape index (κ2) is 9.84. The van der Waals surface area contributed by atoms with Gasteiger partial charge in [0, 0.05) is 24.2 Å². The van der Waals surface area contributed by atoms with Crippen LogP contribution in [0.5, 0.6) is 5.88 Å². The van der Waals surface area contributed by atoms with Crippen LogP contribution in [0.25, 0.3) is 33.5 Å². The van der Waals surface area contributed by atoms with E-state index >= 15 is 4.39 Å². The van der Waals surface area contributed by atoms with Crippen LogP contribution in [0.1, 0.15) is 32.1 Å². The van der Waals surface area contributed by atoms with Gasteiger partial charge in [0.25, 0.3) is 0 Å². The van der Waals surface area contributed by atoms with Crippen molar-refractivity contribution in [3.8, 4) is 28.4 Å². The fourth-order valence-corrected chi connectivity index (χ4v) is 4.83. The van der Waals surface area contributed by atoms with Crippen molar-refractivity contribution in [3.63, 3.8) is 0 Å². The Labute approximate surface area is 211 Å². The van der Waals surface area contributed by atoms with Crippen molar-refractivity contribution in [3.05, 3.63) is 64.5 Å². The van der Waals surface area contributed by atoms with E-state index in [9.17, 15) is 4.79 Å². The Morgan fingerprint density at radius 1 is 1.06 bits per heavy atom. The average Bonchev–Trinajstić information content (AvgIpc) is 3.23. The summed E-state index contributed by atoms with van der Waals surface area (Å²) in [5.74, 6) is -0.0501. The summed E-state index contributed by atoms with van der Waals surface area (Å²) in [6.45, 7) is 0. The molecule has 35 heavy (non-hydrogen) atoms. The highest BCUT2D eigenvalue weighted by Gasteiger charge is 2.24. The fraction of sp³-hybridized carbons (Fsp3) is 0.269. The number of H-pyrrole nitrogens is 1. The first kappa shape index (κ1) is 23.6. The van der Waals surface area contributed by atoms with Crippen molar-refractivity contribution >= 4 is 40.2 Å². The quantitative estimate of drug-likeness (QED) is 0.285. The second-order valence-electron chi connectivity index (χ2n) is 8.81. The molecular weight excluding hydrogens is 492 g/mol. The third kappa shape index (κ3) is 5.26. The lowest BCUT2D eigenvalue weighted by Gasteiger charge is -2.27. The van der Waals surface area contributed by atoms with Crippen LogP contribution in [0, 0.1) is 11.7 Å². The van der Waals surface area contributed by atoms with Crippen molar-refractivity contribution < 1.29 is 19.0 Å². The number of rotatable bonds is 6. The van der Waals surface area contributed by atoms with Gasteiger partial charge in [-0.3, -0.25) is 4.79 Å². The first-order valence-corrected chi connectivity index (χ1v) is 12.1. The lowest BCUT2D eigenvalue weighted by Crippen LogP contribution is -2.25. The van der Waals surface area contributed by atoms with Gasteiger partial charge in [-0.1, -0.05) is 29.3 Å². The zero-order valence-corrected chi connectivity index (χ0v) is 20.1. The van der Waals surface area contributed by atoms with Gasteiger partial charge in [0.05, 0.1) is 26.6 Å². The number of benzene rings is 2. The number of imidazole rings is 1. The highest BCUT2D eigenvalue weighted by Crippen LogP contribution is 2.32. The van der Waals surface area contributed by atoms with Gasteiger partial charge < -0.3 is 14.8 Å². The van der Waals surface area contributed by atoms with Crippen molar-refractivity contribution in [2.75, 3.05) is 0 Å². The van der Waals surface area contributed by atoms with Crippen molar-refractivity contribution in [2.24, 2.45) is 5.92 Å². The largest absolute Gasteiger partial charge is 0.481 e. The van der Waals surface area contributed by atoms with Crippen LogP contribution in [0.2, 0.25) is 10.0 Å². The molecule has 2 N–H and O–H groups in total. The summed E-state index contributed by atoms with van der Waals surface area (Å²) < 4.78 is 21.0. The highest BCUT2D eigenvalue weighted by atomic mass is 35.5. The minimum absolute atomic E-state index is 0.0312. The van der Waals surface area contributed by atoms with Crippen LogP contribution < -0.4 is 4.74 Å². The van der Waals surface area contributed by atoms with E-state index in [1.165, 1.54) is 6.07 Å². The number of ether oxygens (including phenoxy) is 1. The van der Waals surface area contributed by atoms with E-state index in [4.69, 9.17) is 33.0 Å². The summed E-state index contributed by atoms with van der Waals surface area (Å²) in [6.07, 6.45) is 5.21. The highest BCUT2D eigenvalue weighted by molar-refractivity contribution is 6.42. The number of hydrogen-bond acceptors (Lipinski definition) is 4. The minimum atomic E-state index is -0.747. The number of aliphatic carboxylic acids is 1. The number of nitrogens with zero attached hydrogens (tertiary/aromatic N) is 2. The molecule has 0 atom stereocenters. The number of hydrogen-bond donors (Lipinski definition) is 2. The Morgan fingerprint density at radius 2 is 1.80 bits per heavy atom. The van der Waals surface area contributed by atoms with Crippen molar-refractivity contribution in [2.45, 2.75) is 38.2 Å². The summed E-state index contributed by atoms with van der Waals surface area (Å²) in [5, 5.41) is 9.73. The number of aromatic nitrogens is 3. The van der Waals surface area contributed by atoms with Gasteiger partial charge in [0.2, 0.25) is 5.88 Å². The molecule has 4 aromatic rings. The Bertz CT molecular complexity index is 1340. The standard InChI is InChI=1S/C26H22Cl2FN3O3/c27-19-11-22-23(12-20(19)28)32-26(31-22)18-7-3-15(10-21(18)29)16-4-8-24(30-13-16)35-17-5-1-14(2-6-17)9-25(33)34/h3-4,7-8,10-14,17H,1-2,5-6,9H2,(H,31,32)(H,33,34). The lowest BCUT2D eigenvalue weighted by molar-refractivity contribution is -0.138. The van der Waals surface area contributed by atoms with Gasteiger partial charge in [0.15, 0.2) is 0 Å². The predicted octanol–water partition coefficient (Wildman–Crippen LogP) is 7.15. The van der Waals surface area contributed by atoms with Gasteiger partial charge >= 0.3 is 5.97 Å². The molecule has 1 saturated carbocycles. The Kier molecular flexibility index (Phi) is 6.62. The summed E-state index contributed by atoms with van der Waals surface area (Å²) in [4.78, 5) is 22.8. The summed E-state index contributed by atoms with van der Waals surface area (Å²) in [5.41, 5.74) is 3.06. The summed E-state index contributed by atoms with van der Waals surface area (Å²) in [6, 6.07) is 11.9. The smallest absolute Gasteiger partial charge is 0.303 e. The Morgan fingerprint density at radius 3 is 2.49 bits per heavy atom. The molecule has 2 heterocycles. The van der Waals surface area contributed by atoms with Gasteiger partial charge in [0.1, 0.15) is 17.7 Å². The number of carbonyl (C=O) groups is 1. The van der Waals surface area contributed by atoms with E-state index in [1.807, 2.05) is 12.1 Å². The minimum Gasteiger partial charge on any atom is -0.481 e. The fourth-order valence-electron chi connectivity index (χ4n) is 4.51. The molecule has 0 saturated heterocycles. The molecule has 0 spiro atoms. The predicted molar refractivity (Wildman–Crippen MR) is 133 cm³/mol. The summed E-state index contributed by atoms with van der Waals surface area (Å²) >= 11 is 12.1. The molecule has 5 rings (SSSR count). The second-order valence-corrected chi connectivity index (χ2v) is 9.62. The van der Waals surface area contributed by atoms with Crippen LogP contribution in [0.3, 0.4) is 0 Å². The molecule has 1 aliphatic carbocycles. The maximum Gasteiger partial charge on any atom is 0.303 e. The number of nitrogens with one attached hydrogen (secondary N) is 1. The number of carboxylic acids is 1. The monoisotopic (exact) mass is 513 g/mol. The summed E-state index contributed by atoms with van der Waals surface area (Å²) in [7, 11) is 0. The molecule has 6 nitrogen and oxygen atoms in total. The molecule has 180 valence electrons. The van der Waals surface area contributed by atoms with Crippen LogP contribution in [-0.2, 0) is 4.79 Å².